The zero-order valence-corrected chi connectivity index (χ0v) is 6.69. The first-order valence-corrected chi connectivity index (χ1v) is 3.88. The van der Waals surface area contributed by atoms with Crippen LogP contribution in [0.15, 0.2) is 18.2 Å². The third-order valence-electron chi connectivity index (χ3n) is 1.67. The van der Waals surface area contributed by atoms with Crippen LogP contribution in [0.1, 0.15) is 12.0 Å². The van der Waals surface area contributed by atoms with E-state index in [0.717, 1.165) is 12.5 Å². The molecule has 0 radical (unpaired) electrons. The number of benzene rings is 1. The van der Waals surface area contributed by atoms with Gasteiger partial charge in [0.05, 0.1) is 0 Å². The summed E-state index contributed by atoms with van der Waals surface area (Å²) in [4.78, 5) is 0. The zero-order valence-electron chi connectivity index (χ0n) is 6.69. The van der Waals surface area contributed by atoms with Crippen LogP contribution in [0.3, 0.4) is 0 Å². The average molecular weight is 171 g/mol. The van der Waals surface area contributed by atoms with Crippen molar-refractivity contribution in [2.45, 2.75) is 12.8 Å². The van der Waals surface area contributed by atoms with Gasteiger partial charge in [-0.05, 0) is 31.0 Å². The minimum Gasteiger partial charge on any atom is -0.330 e. The Morgan fingerprint density at radius 3 is 2.58 bits per heavy atom. The molecule has 0 amide bonds. The van der Waals surface area contributed by atoms with Crippen molar-refractivity contribution in [3.05, 3.63) is 35.4 Å². The molecule has 1 aromatic rings. The summed E-state index contributed by atoms with van der Waals surface area (Å²) in [5.74, 6) is -1.02. The molecule has 2 N–H and O–H groups in total. The highest BCUT2D eigenvalue weighted by Crippen LogP contribution is 2.10. The van der Waals surface area contributed by atoms with Gasteiger partial charge in [0.1, 0.15) is 11.6 Å². The van der Waals surface area contributed by atoms with Gasteiger partial charge < -0.3 is 5.73 Å². The lowest BCUT2D eigenvalue weighted by molar-refractivity contribution is 0.569. The van der Waals surface area contributed by atoms with Gasteiger partial charge in [-0.2, -0.15) is 0 Å². The van der Waals surface area contributed by atoms with Gasteiger partial charge in [-0.25, -0.2) is 8.78 Å². The summed E-state index contributed by atoms with van der Waals surface area (Å²) in [6, 6.07) is 3.61. The molecule has 0 saturated heterocycles. The number of hydrogen-bond donors (Lipinski definition) is 1. The average Bonchev–Trinajstić information content (AvgIpc) is 2.03. The van der Waals surface area contributed by atoms with E-state index in [-0.39, 0.29) is 0 Å². The summed E-state index contributed by atoms with van der Waals surface area (Å²) in [5.41, 5.74) is 5.79. The van der Waals surface area contributed by atoms with E-state index in [9.17, 15) is 8.78 Å². The third-order valence-corrected chi connectivity index (χ3v) is 1.67. The highest BCUT2D eigenvalue weighted by atomic mass is 19.1. The number of aryl methyl sites for hydroxylation is 1. The summed E-state index contributed by atoms with van der Waals surface area (Å²) in [5, 5.41) is 0. The molecule has 0 atom stereocenters. The lowest BCUT2D eigenvalue weighted by Crippen LogP contribution is -2.01. The van der Waals surface area contributed by atoms with Crippen LogP contribution in [-0.4, -0.2) is 6.54 Å². The van der Waals surface area contributed by atoms with Gasteiger partial charge in [0.2, 0.25) is 0 Å². The molecule has 12 heavy (non-hydrogen) atoms. The Morgan fingerprint density at radius 1 is 1.25 bits per heavy atom. The molecule has 0 aliphatic rings. The molecule has 1 aromatic carbocycles. The maximum absolute atomic E-state index is 12.9. The van der Waals surface area contributed by atoms with E-state index in [2.05, 4.69) is 0 Å². The predicted molar refractivity (Wildman–Crippen MR) is 43.7 cm³/mol. The summed E-state index contributed by atoms with van der Waals surface area (Å²) in [6.07, 6.45) is 1.30. The molecule has 0 bridgehead atoms. The molecule has 1 rings (SSSR count). The number of hydrogen-bond acceptors (Lipinski definition) is 1. The molecule has 0 aromatic heterocycles. The lowest BCUT2D eigenvalue weighted by atomic mass is 10.1. The first kappa shape index (κ1) is 9.13. The molecule has 1 nitrogen and oxygen atoms in total. The number of nitrogens with two attached hydrogens (primary N) is 1. The molecule has 0 aliphatic heterocycles. The van der Waals surface area contributed by atoms with Gasteiger partial charge in [0.25, 0.3) is 0 Å². The van der Waals surface area contributed by atoms with Crippen molar-refractivity contribution in [2.24, 2.45) is 5.73 Å². The number of rotatable bonds is 3. The Balaban J connectivity index is 2.72. The van der Waals surface area contributed by atoms with Crippen molar-refractivity contribution in [3.63, 3.8) is 0 Å². The van der Waals surface area contributed by atoms with E-state index in [1.165, 1.54) is 12.1 Å². The van der Waals surface area contributed by atoms with Crippen LogP contribution in [0.5, 0.6) is 0 Å². The fourth-order valence-corrected chi connectivity index (χ4v) is 1.02. The SMILES string of the molecule is NCCCc1ccc(F)cc1F. The molecular weight excluding hydrogens is 160 g/mol. The first-order valence-electron chi connectivity index (χ1n) is 3.88. The van der Waals surface area contributed by atoms with Crippen LogP contribution >= 0.6 is 0 Å². The van der Waals surface area contributed by atoms with E-state index in [4.69, 9.17) is 5.73 Å². The van der Waals surface area contributed by atoms with Crippen LogP contribution in [0.25, 0.3) is 0 Å². The fourth-order valence-electron chi connectivity index (χ4n) is 1.02. The number of halogens is 2. The Morgan fingerprint density at radius 2 is 2.00 bits per heavy atom. The van der Waals surface area contributed by atoms with Gasteiger partial charge >= 0.3 is 0 Å². The van der Waals surface area contributed by atoms with Gasteiger partial charge in [-0.1, -0.05) is 6.07 Å². The second-order valence-electron chi connectivity index (χ2n) is 2.63. The molecule has 0 unspecified atom stereocenters. The van der Waals surface area contributed by atoms with Gasteiger partial charge in [-0.3, -0.25) is 0 Å². The largest absolute Gasteiger partial charge is 0.330 e. The normalized spacial score (nSPS) is 10.2. The molecule has 0 aliphatic carbocycles. The molecule has 0 fully saturated rings. The lowest BCUT2D eigenvalue weighted by Gasteiger charge is -2.00. The monoisotopic (exact) mass is 171 g/mol. The Bertz CT molecular complexity index is 261. The molecule has 0 heterocycles. The molecule has 0 spiro atoms. The molecular formula is C9H11F2N. The van der Waals surface area contributed by atoms with E-state index in [1.54, 1.807) is 0 Å². The molecule has 3 heteroatoms. The van der Waals surface area contributed by atoms with Crippen LogP contribution in [0, 0.1) is 11.6 Å². The van der Waals surface area contributed by atoms with E-state index < -0.39 is 11.6 Å². The highest BCUT2D eigenvalue weighted by molar-refractivity contribution is 5.18. The minimum absolute atomic E-state index is 0.483. The summed E-state index contributed by atoms with van der Waals surface area (Å²) in [6.45, 7) is 0.525. The maximum Gasteiger partial charge on any atom is 0.129 e. The Labute approximate surface area is 70.2 Å². The van der Waals surface area contributed by atoms with Crippen LogP contribution in [-0.2, 0) is 6.42 Å². The Hall–Kier alpha value is -0.960. The van der Waals surface area contributed by atoms with Crippen LogP contribution in [0.2, 0.25) is 0 Å². The second kappa shape index (κ2) is 4.16. The summed E-state index contributed by atoms with van der Waals surface area (Å²) >= 11 is 0. The van der Waals surface area contributed by atoms with Crippen molar-refractivity contribution in [1.82, 2.24) is 0 Å². The molecule has 0 saturated carbocycles. The van der Waals surface area contributed by atoms with Gasteiger partial charge in [-0.15, -0.1) is 0 Å². The Kier molecular flexibility index (Phi) is 3.17. The topological polar surface area (TPSA) is 26.0 Å². The zero-order chi connectivity index (χ0) is 8.97. The quantitative estimate of drug-likeness (QED) is 0.738. The maximum atomic E-state index is 12.9. The van der Waals surface area contributed by atoms with Crippen molar-refractivity contribution < 1.29 is 8.78 Å². The predicted octanol–water partition coefficient (Wildman–Crippen LogP) is 1.86. The van der Waals surface area contributed by atoms with Gasteiger partial charge in [0, 0.05) is 6.07 Å². The highest BCUT2D eigenvalue weighted by Gasteiger charge is 2.01. The first-order chi connectivity index (χ1) is 5.74. The summed E-state index contributed by atoms with van der Waals surface area (Å²) in [7, 11) is 0. The second-order valence-corrected chi connectivity index (χ2v) is 2.63. The van der Waals surface area contributed by atoms with E-state index in [1.807, 2.05) is 0 Å². The van der Waals surface area contributed by atoms with Crippen molar-refractivity contribution >= 4 is 0 Å². The smallest absolute Gasteiger partial charge is 0.129 e. The van der Waals surface area contributed by atoms with Gasteiger partial charge in [0.15, 0.2) is 0 Å². The van der Waals surface area contributed by atoms with Crippen LogP contribution < -0.4 is 5.73 Å². The standard InChI is InChI=1S/C9H11F2N/c10-8-4-3-7(2-1-5-12)9(11)6-8/h3-4,6H,1-2,5,12H2. The van der Waals surface area contributed by atoms with Crippen molar-refractivity contribution in [1.29, 1.82) is 0 Å². The minimum atomic E-state index is -0.538. The fraction of sp³-hybridized carbons (Fsp3) is 0.333. The molecule has 66 valence electrons. The van der Waals surface area contributed by atoms with Crippen LogP contribution in [0.4, 0.5) is 8.78 Å². The van der Waals surface area contributed by atoms with Crippen molar-refractivity contribution in [2.75, 3.05) is 6.54 Å². The van der Waals surface area contributed by atoms with E-state index >= 15 is 0 Å². The van der Waals surface area contributed by atoms with E-state index in [0.29, 0.717) is 18.5 Å². The summed E-state index contributed by atoms with van der Waals surface area (Å²) < 4.78 is 25.3. The van der Waals surface area contributed by atoms with Crippen molar-refractivity contribution in [3.8, 4) is 0 Å². The third kappa shape index (κ3) is 2.27.